The molecule has 0 spiro atoms. The molecule has 1 atom stereocenters. The Morgan fingerprint density at radius 2 is 2.19 bits per heavy atom. The van der Waals surface area contributed by atoms with Crippen LogP contribution >= 0.6 is 11.3 Å². The first-order chi connectivity index (χ1) is 9.91. The lowest BCUT2D eigenvalue weighted by molar-refractivity contribution is -0.156. The number of carbonyl (C=O) groups is 3. The van der Waals surface area contributed by atoms with Gasteiger partial charge in [0.2, 0.25) is 11.8 Å². The number of fused-ring (bicyclic) bond motifs is 1. The third kappa shape index (κ3) is 2.27. The molecule has 1 fully saturated rings. The first-order valence-electron chi connectivity index (χ1n) is 7.13. The highest BCUT2D eigenvalue weighted by atomic mass is 32.1. The minimum Gasteiger partial charge on any atom is -0.319 e. The molecule has 0 radical (unpaired) electrons. The van der Waals surface area contributed by atoms with E-state index < -0.39 is 17.4 Å². The van der Waals surface area contributed by atoms with Crippen LogP contribution in [0, 0.1) is 0 Å². The number of nitrogens with zero attached hydrogens (tertiary/aromatic N) is 1. The minimum atomic E-state index is -0.987. The van der Waals surface area contributed by atoms with Gasteiger partial charge in [-0.25, -0.2) is 0 Å². The summed E-state index contributed by atoms with van der Waals surface area (Å²) >= 11 is 1.68. The van der Waals surface area contributed by atoms with Gasteiger partial charge in [0, 0.05) is 4.88 Å². The molecular formula is C15H18N2O3S. The van der Waals surface area contributed by atoms with Crippen LogP contribution in [-0.4, -0.2) is 34.7 Å². The normalized spacial score (nSPS) is 24.5. The molecule has 2 heterocycles. The van der Waals surface area contributed by atoms with Crippen molar-refractivity contribution in [1.29, 1.82) is 0 Å². The molecule has 112 valence electrons. The van der Waals surface area contributed by atoms with Crippen molar-refractivity contribution in [3.05, 3.63) is 21.9 Å². The van der Waals surface area contributed by atoms with E-state index in [1.54, 1.807) is 25.2 Å². The molecule has 3 amide bonds. The van der Waals surface area contributed by atoms with Gasteiger partial charge in [0.25, 0.3) is 5.91 Å². The Labute approximate surface area is 127 Å². The molecule has 1 saturated heterocycles. The third-order valence-corrected chi connectivity index (χ3v) is 5.40. The lowest BCUT2D eigenvalue weighted by atomic mass is 9.85. The number of aryl methyl sites for hydroxylation is 1. The second kappa shape index (κ2) is 4.94. The molecule has 1 aliphatic heterocycles. The topological polar surface area (TPSA) is 66.5 Å². The third-order valence-electron chi connectivity index (χ3n) is 4.40. The van der Waals surface area contributed by atoms with Crippen LogP contribution in [0.3, 0.4) is 0 Å². The zero-order chi connectivity index (χ0) is 15.2. The summed E-state index contributed by atoms with van der Waals surface area (Å²) < 4.78 is 0. The second-order valence-electron chi connectivity index (χ2n) is 6.10. The van der Waals surface area contributed by atoms with Crippen LogP contribution in [0.2, 0.25) is 0 Å². The predicted octanol–water partition coefficient (Wildman–Crippen LogP) is 1.43. The van der Waals surface area contributed by atoms with Crippen LogP contribution < -0.4 is 5.32 Å². The van der Waals surface area contributed by atoms with Gasteiger partial charge in [-0.05, 0) is 50.1 Å². The molecule has 3 rings (SSSR count). The van der Waals surface area contributed by atoms with E-state index in [0.29, 0.717) is 0 Å². The van der Waals surface area contributed by atoms with Crippen molar-refractivity contribution in [3.8, 4) is 0 Å². The van der Waals surface area contributed by atoms with E-state index in [4.69, 9.17) is 0 Å². The van der Waals surface area contributed by atoms with E-state index in [-0.39, 0.29) is 18.4 Å². The maximum atomic E-state index is 12.9. The maximum absolute atomic E-state index is 12.9. The Bertz CT molecular complexity index is 620. The number of imide groups is 1. The fourth-order valence-corrected chi connectivity index (χ4v) is 4.05. The van der Waals surface area contributed by atoms with Crippen LogP contribution in [-0.2, 0) is 20.8 Å². The Balaban J connectivity index is 1.92. The highest BCUT2D eigenvalue weighted by molar-refractivity contribution is 7.10. The molecule has 0 bridgehead atoms. The van der Waals surface area contributed by atoms with Crippen molar-refractivity contribution in [2.24, 2.45) is 0 Å². The molecule has 2 aliphatic rings. The Morgan fingerprint density at radius 1 is 1.43 bits per heavy atom. The molecule has 0 saturated carbocycles. The number of hydrogen-bond acceptors (Lipinski definition) is 4. The van der Waals surface area contributed by atoms with Crippen LogP contribution in [0.5, 0.6) is 0 Å². The van der Waals surface area contributed by atoms with E-state index in [0.717, 1.165) is 24.8 Å². The zero-order valence-electron chi connectivity index (χ0n) is 12.1. The summed E-state index contributed by atoms with van der Waals surface area (Å²) in [7, 11) is 0. The summed E-state index contributed by atoms with van der Waals surface area (Å²) in [4.78, 5) is 39.2. The monoisotopic (exact) mass is 306 g/mol. The van der Waals surface area contributed by atoms with Crippen molar-refractivity contribution < 1.29 is 14.4 Å². The molecule has 1 aromatic rings. The number of amides is 3. The lowest BCUT2D eigenvalue weighted by Gasteiger charge is -2.42. The van der Waals surface area contributed by atoms with Gasteiger partial charge in [-0.15, -0.1) is 11.3 Å². The minimum absolute atomic E-state index is 0.0481. The van der Waals surface area contributed by atoms with Gasteiger partial charge in [-0.2, -0.15) is 0 Å². The first-order valence-corrected chi connectivity index (χ1v) is 8.01. The summed E-state index contributed by atoms with van der Waals surface area (Å²) in [6.07, 6.45) is 2.77. The van der Waals surface area contributed by atoms with Gasteiger partial charge in [0.1, 0.15) is 12.1 Å². The van der Waals surface area contributed by atoms with Crippen molar-refractivity contribution in [2.45, 2.75) is 44.6 Å². The fourth-order valence-electron chi connectivity index (χ4n) is 3.07. The number of piperazine rings is 1. The molecule has 1 aromatic heterocycles. The Kier molecular flexibility index (Phi) is 3.36. The SMILES string of the molecule is CC1(C)C(=O)NC(=O)CN1C(=O)C1CCCc2sccc21. The predicted molar refractivity (Wildman–Crippen MR) is 78.9 cm³/mol. The molecule has 0 aromatic carbocycles. The van der Waals surface area contributed by atoms with Gasteiger partial charge in [0.15, 0.2) is 0 Å². The highest BCUT2D eigenvalue weighted by Gasteiger charge is 2.45. The van der Waals surface area contributed by atoms with Gasteiger partial charge in [0.05, 0.1) is 5.92 Å². The van der Waals surface area contributed by atoms with Crippen molar-refractivity contribution in [3.63, 3.8) is 0 Å². The molecule has 1 unspecified atom stereocenters. The summed E-state index contributed by atoms with van der Waals surface area (Å²) in [6, 6.07) is 2.00. The van der Waals surface area contributed by atoms with Gasteiger partial charge in [-0.1, -0.05) is 0 Å². The molecule has 5 nitrogen and oxygen atoms in total. The van der Waals surface area contributed by atoms with Gasteiger partial charge >= 0.3 is 0 Å². The molecule has 1 N–H and O–H groups in total. The van der Waals surface area contributed by atoms with Gasteiger partial charge < -0.3 is 4.90 Å². The molecule has 1 aliphatic carbocycles. The van der Waals surface area contributed by atoms with Crippen LogP contribution in [0.1, 0.15) is 43.0 Å². The van der Waals surface area contributed by atoms with Crippen molar-refractivity contribution >= 4 is 29.1 Å². The zero-order valence-corrected chi connectivity index (χ0v) is 13.0. The average Bonchev–Trinajstić information content (AvgIpc) is 2.90. The smallest absolute Gasteiger partial charge is 0.252 e. The second-order valence-corrected chi connectivity index (χ2v) is 7.11. The van der Waals surface area contributed by atoms with Crippen LogP contribution in [0.25, 0.3) is 0 Å². The maximum Gasteiger partial charge on any atom is 0.252 e. The first kappa shape index (κ1) is 14.3. The van der Waals surface area contributed by atoms with E-state index in [9.17, 15) is 14.4 Å². The van der Waals surface area contributed by atoms with E-state index >= 15 is 0 Å². The number of rotatable bonds is 1. The molecule has 6 heteroatoms. The summed E-state index contributed by atoms with van der Waals surface area (Å²) in [5, 5.41) is 4.31. The van der Waals surface area contributed by atoms with E-state index in [1.807, 2.05) is 11.4 Å². The summed E-state index contributed by atoms with van der Waals surface area (Å²) in [6.45, 7) is 3.32. The largest absolute Gasteiger partial charge is 0.319 e. The Hall–Kier alpha value is -1.69. The number of hydrogen-bond donors (Lipinski definition) is 1. The lowest BCUT2D eigenvalue weighted by Crippen LogP contribution is -2.66. The molecule has 21 heavy (non-hydrogen) atoms. The number of nitrogens with one attached hydrogen (secondary N) is 1. The Morgan fingerprint density at radius 3 is 2.95 bits per heavy atom. The average molecular weight is 306 g/mol. The number of thiophene rings is 1. The number of carbonyl (C=O) groups excluding carboxylic acids is 3. The summed E-state index contributed by atoms with van der Waals surface area (Å²) in [5.41, 5.74) is 0.0870. The van der Waals surface area contributed by atoms with Gasteiger partial charge in [-0.3, -0.25) is 19.7 Å². The quantitative estimate of drug-likeness (QED) is 0.798. The van der Waals surface area contributed by atoms with Crippen molar-refractivity contribution in [1.82, 2.24) is 10.2 Å². The standard InChI is InChI=1S/C15H18N2O3S/c1-15(2)14(20)16-12(18)8-17(15)13(19)10-4-3-5-11-9(10)6-7-21-11/h6-7,10H,3-5,8H2,1-2H3,(H,16,18,20). The van der Waals surface area contributed by atoms with E-state index in [2.05, 4.69) is 5.32 Å². The molecular weight excluding hydrogens is 288 g/mol. The van der Waals surface area contributed by atoms with Crippen LogP contribution in [0.4, 0.5) is 0 Å². The fraction of sp³-hybridized carbons (Fsp3) is 0.533. The highest BCUT2D eigenvalue weighted by Crippen LogP contribution is 2.37. The van der Waals surface area contributed by atoms with Crippen molar-refractivity contribution in [2.75, 3.05) is 6.54 Å². The summed E-state index contributed by atoms with van der Waals surface area (Å²) in [5.74, 6) is -1.15. The van der Waals surface area contributed by atoms with E-state index in [1.165, 1.54) is 9.78 Å². The van der Waals surface area contributed by atoms with Crippen LogP contribution in [0.15, 0.2) is 11.4 Å².